The Kier molecular flexibility index (Phi) is 10.5. The monoisotopic (exact) mass is 438 g/mol. The van der Waals surface area contributed by atoms with E-state index in [0.29, 0.717) is 5.92 Å². The molecule has 0 radical (unpaired) electrons. The summed E-state index contributed by atoms with van der Waals surface area (Å²) in [5.41, 5.74) is 0. The molecule has 5 nitrogen and oxygen atoms in total. The van der Waals surface area contributed by atoms with Gasteiger partial charge >= 0.3 is 0 Å². The topological polar surface area (TPSA) is 40.1 Å². The van der Waals surface area contributed by atoms with E-state index >= 15 is 0 Å². The van der Waals surface area contributed by atoms with E-state index in [4.69, 9.17) is 4.74 Å². The van der Waals surface area contributed by atoms with Crippen LogP contribution >= 0.6 is 24.0 Å². The molecular weight excluding hydrogens is 403 g/mol. The summed E-state index contributed by atoms with van der Waals surface area (Å²) in [6.45, 7) is 9.90. The van der Waals surface area contributed by atoms with E-state index in [1.807, 2.05) is 7.05 Å². The Hall–Kier alpha value is -0.0800. The minimum absolute atomic E-state index is 0. The van der Waals surface area contributed by atoms with Gasteiger partial charge < -0.3 is 19.9 Å². The zero-order valence-corrected chi connectivity index (χ0v) is 17.4. The lowest BCUT2D eigenvalue weighted by Crippen LogP contribution is -2.42. The van der Waals surface area contributed by atoms with Crippen LogP contribution in [0.3, 0.4) is 0 Å². The number of piperidine rings is 1. The molecule has 2 rings (SSSR count). The molecule has 1 unspecified atom stereocenters. The number of nitrogens with zero attached hydrogens (tertiary/aromatic N) is 3. The molecule has 23 heavy (non-hydrogen) atoms. The van der Waals surface area contributed by atoms with E-state index in [1.54, 1.807) is 0 Å². The molecule has 2 aliphatic heterocycles. The van der Waals surface area contributed by atoms with E-state index in [9.17, 15) is 0 Å². The molecule has 0 amide bonds. The lowest BCUT2D eigenvalue weighted by atomic mass is 9.93. The van der Waals surface area contributed by atoms with Gasteiger partial charge in [-0.2, -0.15) is 0 Å². The summed E-state index contributed by atoms with van der Waals surface area (Å²) in [4.78, 5) is 9.23. The molecule has 0 aliphatic carbocycles. The number of halogens is 1. The summed E-state index contributed by atoms with van der Waals surface area (Å²) in [5.74, 6) is 2.56. The average molecular weight is 438 g/mol. The zero-order chi connectivity index (χ0) is 15.8. The number of rotatable bonds is 6. The first-order valence-corrected chi connectivity index (χ1v) is 8.94. The van der Waals surface area contributed by atoms with Crippen LogP contribution in [0, 0.1) is 11.8 Å². The van der Waals surface area contributed by atoms with Crippen molar-refractivity contribution >= 4 is 29.9 Å². The Labute approximate surface area is 159 Å². The smallest absolute Gasteiger partial charge is 0.193 e. The standard InChI is InChI=1S/C17H34N4O.HI/c1-4-21-10-6-15(7-11-21)5-9-19-17(18-2)20(3)13-16-8-12-22-14-16;/h15-16H,4-14H2,1-3H3,(H,18,19);1H. The predicted octanol–water partition coefficient (Wildman–Crippen LogP) is 2.27. The van der Waals surface area contributed by atoms with Crippen molar-refractivity contribution < 1.29 is 4.74 Å². The van der Waals surface area contributed by atoms with Crippen molar-refractivity contribution in [1.29, 1.82) is 0 Å². The Morgan fingerprint density at radius 2 is 2.00 bits per heavy atom. The molecule has 0 spiro atoms. The molecule has 0 saturated carbocycles. The molecule has 2 saturated heterocycles. The Morgan fingerprint density at radius 1 is 1.26 bits per heavy atom. The first-order valence-electron chi connectivity index (χ1n) is 8.94. The van der Waals surface area contributed by atoms with Crippen LogP contribution in [0.5, 0.6) is 0 Å². The van der Waals surface area contributed by atoms with Crippen molar-refractivity contribution in [3.63, 3.8) is 0 Å². The molecule has 0 bridgehead atoms. The van der Waals surface area contributed by atoms with Crippen molar-refractivity contribution in [1.82, 2.24) is 15.1 Å². The van der Waals surface area contributed by atoms with Gasteiger partial charge in [0.15, 0.2) is 5.96 Å². The summed E-state index contributed by atoms with van der Waals surface area (Å²) in [7, 11) is 4.01. The number of ether oxygens (including phenoxy) is 1. The van der Waals surface area contributed by atoms with Gasteiger partial charge in [-0.3, -0.25) is 4.99 Å². The fraction of sp³-hybridized carbons (Fsp3) is 0.941. The molecule has 0 aromatic heterocycles. The Balaban J connectivity index is 0.00000264. The van der Waals surface area contributed by atoms with Gasteiger partial charge in [0.2, 0.25) is 0 Å². The van der Waals surface area contributed by atoms with Gasteiger partial charge in [-0.05, 0) is 51.2 Å². The second-order valence-corrected chi connectivity index (χ2v) is 6.75. The number of hydrogen-bond acceptors (Lipinski definition) is 3. The molecule has 0 aromatic rings. The van der Waals surface area contributed by atoms with Gasteiger partial charge in [0.05, 0.1) is 6.61 Å². The minimum Gasteiger partial charge on any atom is -0.381 e. The molecule has 136 valence electrons. The second kappa shape index (κ2) is 11.5. The van der Waals surface area contributed by atoms with E-state index in [0.717, 1.165) is 38.2 Å². The first kappa shape index (κ1) is 21.0. The number of nitrogens with one attached hydrogen (secondary N) is 1. The van der Waals surface area contributed by atoms with Gasteiger partial charge in [-0.15, -0.1) is 24.0 Å². The molecule has 1 N–H and O–H groups in total. The quantitative estimate of drug-likeness (QED) is 0.393. The number of guanidine groups is 1. The Bertz CT molecular complexity index is 339. The summed E-state index contributed by atoms with van der Waals surface area (Å²) >= 11 is 0. The van der Waals surface area contributed by atoms with Crippen LogP contribution in [0.15, 0.2) is 4.99 Å². The van der Waals surface area contributed by atoms with Crippen LogP contribution in [-0.2, 0) is 4.74 Å². The Morgan fingerprint density at radius 3 is 2.57 bits per heavy atom. The minimum atomic E-state index is 0. The average Bonchev–Trinajstić information content (AvgIpc) is 3.05. The molecule has 2 heterocycles. The van der Waals surface area contributed by atoms with Crippen molar-refractivity contribution in [3.05, 3.63) is 0 Å². The molecule has 1 atom stereocenters. The largest absolute Gasteiger partial charge is 0.381 e. The molecule has 0 aromatic carbocycles. The van der Waals surface area contributed by atoms with Crippen LogP contribution in [0.1, 0.15) is 32.6 Å². The van der Waals surface area contributed by atoms with Gasteiger partial charge in [-0.1, -0.05) is 6.92 Å². The lowest BCUT2D eigenvalue weighted by Gasteiger charge is -2.31. The number of likely N-dealkylation sites (tertiary alicyclic amines) is 1. The maximum atomic E-state index is 5.46. The molecule has 6 heteroatoms. The van der Waals surface area contributed by atoms with E-state index < -0.39 is 0 Å². The van der Waals surface area contributed by atoms with Crippen molar-refractivity contribution in [2.75, 3.05) is 60.0 Å². The maximum Gasteiger partial charge on any atom is 0.193 e. The van der Waals surface area contributed by atoms with E-state index in [-0.39, 0.29) is 24.0 Å². The van der Waals surface area contributed by atoms with Gasteiger partial charge in [-0.25, -0.2) is 0 Å². The highest BCUT2D eigenvalue weighted by atomic mass is 127. The molecule has 2 aliphatic rings. The fourth-order valence-corrected chi connectivity index (χ4v) is 3.57. The van der Waals surface area contributed by atoms with Crippen molar-refractivity contribution in [2.45, 2.75) is 32.6 Å². The van der Waals surface area contributed by atoms with E-state index in [2.05, 4.69) is 34.1 Å². The normalized spacial score (nSPS) is 23.6. The predicted molar refractivity (Wildman–Crippen MR) is 108 cm³/mol. The van der Waals surface area contributed by atoms with Crippen molar-refractivity contribution in [2.24, 2.45) is 16.8 Å². The van der Waals surface area contributed by atoms with E-state index in [1.165, 1.54) is 45.3 Å². The zero-order valence-electron chi connectivity index (χ0n) is 15.1. The lowest BCUT2D eigenvalue weighted by molar-refractivity contribution is 0.180. The maximum absolute atomic E-state index is 5.46. The second-order valence-electron chi connectivity index (χ2n) is 6.75. The van der Waals surface area contributed by atoms with Crippen LogP contribution in [0.25, 0.3) is 0 Å². The third-order valence-electron chi connectivity index (χ3n) is 5.12. The van der Waals surface area contributed by atoms with Gasteiger partial charge in [0, 0.05) is 39.7 Å². The highest BCUT2D eigenvalue weighted by Gasteiger charge is 2.20. The van der Waals surface area contributed by atoms with Crippen molar-refractivity contribution in [3.8, 4) is 0 Å². The highest BCUT2D eigenvalue weighted by molar-refractivity contribution is 14.0. The summed E-state index contributed by atoms with van der Waals surface area (Å²) < 4.78 is 5.46. The third-order valence-corrected chi connectivity index (χ3v) is 5.12. The molecular formula is C17H35IN4O. The number of aliphatic imine (C=N–C) groups is 1. The van der Waals surface area contributed by atoms with Crippen LogP contribution in [0.2, 0.25) is 0 Å². The fourth-order valence-electron chi connectivity index (χ4n) is 3.57. The van der Waals surface area contributed by atoms with Crippen LogP contribution < -0.4 is 5.32 Å². The van der Waals surface area contributed by atoms with Crippen LogP contribution in [-0.4, -0.2) is 75.8 Å². The number of hydrogen-bond donors (Lipinski definition) is 1. The summed E-state index contributed by atoms with van der Waals surface area (Å²) in [6, 6.07) is 0. The van der Waals surface area contributed by atoms with Gasteiger partial charge in [0.25, 0.3) is 0 Å². The summed E-state index contributed by atoms with van der Waals surface area (Å²) in [5, 5.41) is 3.54. The van der Waals surface area contributed by atoms with Crippen LogP contribution in [0.4, 0.5) is 0 Å². The SMILES string of the molecule is CCN1CCC(CCNC(=NC)N(C)CC2CCOC2)CC1.I. The summed E-state index contributed by atoms with van der Waals surface area (Å²) in [6.07, 6.45) is 5.14. The third kappa shape index (κ3) is 7.13. The highest BCUT2D eigenvalue weighted by Crippen LogP contribution is 2.19. The molecule has 2 fully saturated rings. The van der Waals surface area contributed by atoms with Gasteiger partial charge in [0.1, 0.15) is 0 Å². The first-order chi connectivity index (χ1) is 10.7.